The van der Waals surface area contributed by atoms with Crippen molar-refractivity contribution >= 4 is 11.9 Å². The summed E-state index contributed by atoms with van der Waals surface area (Å²) in [7, 11) is 0. The van der Waals surface area contributed by atoms with Crippen LogP contribution in [0.15, 0.2) is 0 Å². The van der Waals surface area contributed by atoms with Gasteiger partial charge in [0, 0.05) is 6.54 Å². The van der Waals surface area contributed by atoms with Crippen LogP contribution in [-0.4, -0.2) is 47.7 Å². The van der Waals surface area contributed by atoms with Crippen molar-refractivity contribution in [3.63, 3.8) is 0 Å². The molecule has 6 nitrogen and oxygen atoms in total. The first-order valence-electron chi connectivity index (χ1n) is 6.66. The van der Waals surface area contributed by atoms with E-state index < -0.39 is 23.9 Å². The van der Waals surface area contributed by atoms with E-state index >= 15 is 0 Å². The first-order valence-corrected chi connectivity index (χ1v) is 6.66. The molecule has 3 atom stereocenters. The van der Waals surface area contributed by atoms with Gasteiger partial charge in [-0.2, -0.15) is 5.26 Å². The molecule has 0 spiro atoms. The van der Waals surface area contributed by atoms with Gasteiger partial charge >= 0.3 is 5.97 Å². The average Bonchev–Trinajstić information content (AvgIpc) is 2.46. The van der Waals surface area contributed by atoms with Gasteiger partial charge in [-0.3, -0.25) is 9.59 Å². The van der Waals surface area contributed by atoms with Crippen LogP contribution < -0.4 is 0 Å². The molecule has 2 fully saturated rings. The molecule has 0 bridgehead atoms. The zero-order chi connectivity index (χ0) is 13.8. The lowest BCUT2D eigenvalue weighted by Gasteiger charge is -2.35. The summed E-state index contributed by atoms with van der Waals surface area (Å²) in [5, 5.41) is 18.0. The number of hydrogen-bond acceptors (Lipinski definition) is 4. The van der Waals surface area contributed by atoms with Gasteiger partial charge in [0.2, 0.25) is 5.91 Å². The Hall–Kier alpha value is -1.61. The summed E-state index contributed by atoms with van der Waals surface area (Å²) in [5.41, 5.74) is 0. The minimum absolute atomic E-state index is 0.129. The van der Waals surface area contributed by atoms with Gasteiger partial charge in [-0.15, -0.1) is 0 Å². The number of carboxylic acid groups (broad SMARTS) is 1. The van der Waals surface area contributed by atoms with E-state index in [0.717, 1.165) is 12.8 Å². The number of morpholine rings is 1. The molecule has 0 radical (unpaired) electrons. The highest BCUT2D eigenvalue weighted by Crippen LogP contribution is 2.32. The van der Waals surface area contributed by atoms with Crippen molar-refractivity contribution < 1.29 is 19.4 Å². The van der Waals surface area contributed by atoms with Gasteiger partial charge in [-0.05, 0) is 12.8 Å². The van der Waals surface area contributed by atoms with Crippen molar-refractivity contribution in [1.29, 1.82) is 5.26 Å². The number of carboxylic acids is 1. The maximum atomic E-state index is 12.4. The molecule has 3 unspecified atom stereocenters. The lowest BCUT2D eigenvalue weighted by atomic mass is 9.78. The minimum atomic E-state index is -0.886. The van der Waals surface area contributed by atoms with Crippen molar-refractivity contribution in [1.82, 2.24) is 4.90 Å². The summed E-state index contributed by atoms with van der Waals surface area (Å²) < 4.78 is 5.20. The average molecular weight is 266 g/mol. The van der Waals surface area contributed by atoms with Crippen LogP contribution in [0.1, 0.15) is 25.7 Å². The van der Waals surface area contributed by atoms with Crippen LogP contribution in [0.2, 0.25) is 0 Å². The Morgan fingerprint density at radius 1 is 1.26 bits per heavy atom. The molecule has 2 rings (SSSR count). The molecular weight excluding hydrogens is 248 g/mol. The minimum Gasteiger partial charge on any atom is -0.481 e. The molecule has 19 heavy (non-hydrogen) atoms. The number of nitrogens with zero attached hydrogens (tertiary/aromatic N) is 2. The molecule has 2 aliphatic rings. The fraction of sp³-hybridized carbons (Fsp3) is 0.769. The quantitative estimate of drug-likeness (QED) is 0.791. The fourth-order valence-electron chi connectivity index (χ4n) is 2.88. The predicted molar refractivity (Wildman–Crippen MR) is 65.0 cm³/mol. The van der Waals surface area contributed by atoms with Crippen LogP contribution in [-0.2, 0) is 14.3 Å². The first-order chi connectivity index (χ1) is 9.13. The highest BCUT2D eigenvalue weighted by molar-refractivity contribution is 5.85. The highest BCUT2D eigenvalue weighted by Gasteiger charge is 2.39. The van der Waals surface area contributed by atoms with E-state index in [4.69, 9.17) is 10.00 Å². The first kappa shape index (κ1) is 13.8. The van der Waals surface area contributed by atoms with Gasteiger partial charge < -0.3 is 14.7 Å². The maximum Gasteiger partial charge on any atom is 0.307 e. The largest absolute Gasteiger partial charge is 0.481 e. The summed E-state index contributed by atoms with van der Waals surface area (Å²) in [6.45, 7) is 1.03. The number of hydrogen-bond donors (Lipinski definition) is 1. The summed E-state index contributed by atoms with van der Waals surface area (Å²) in [4.78, 5) is 25.2. The van der Waals surface area contributed by atoms with Gasteiger partial charge in [0.25, 0.3) is 0 Å². The van der Waals surface area contributed by atoms with Crippen LogP contribution in [0.5, 0.6) is 0 Å². The second-order valence-corrected chi connectivity index (χ2v) is 5.11. The van der Waals surface area contributed by atoms with Gasteiger partial charge in [0.05, 0.1) is 31.1 Å². The van der Waals surface area contributed by atoms with Crippen molar-refractivity contribution in [3.8, 4) is 6.07 Å². The van der Waals surface area contributed by atoms with E-state index in [2.05, 4.69) is 0 Å². The lowest BCUT2D eigenvalue weighted by Crippen LogP contribution is -2.49. The maximum absolute atomic E-state index is 12.4. The zero-order valence-electron chi connectivity index (χ0n) is 10.7. The van der Waals surface area contributed by atoms with Gasteiger partial charge in [-0.25, -0.2) is 0 Å². The van der Waals surface area contributed by atoms with Crippen molar-refractivity contribution in [2.75, 3.05) is 19.7 Å². The summed E-state index contributed by atoms with van der Waals surface area (Å²) in [6.07, 6.45) is 2.36. The summed E-state index contributed by atoms with van der Waals surface area (Å²) in [6, 6.07) is 1.99. The van der Waals surface area contributed by atoms with Crippen LogP contribution in [0.25, 0.3) is 0 Å². The van der Waals surface area contributed by atoms with E-state index in [1.807, 2.05) is 6.07 Å². The van der Waals surface area contributed by atoms with Crippen molar-refractivity contribution in [2.24, 2.45) is 11.8 Å². The molecule has 6 heteroatoms. The molecule has 1 amide bonds. The molecule has 1 N–H and O–H groups in total. The Morgan fingerprint density at radius 3 is 2.58 bits per heavy atom. The number of rotatable bonds is 2. The van der Waals surface area contributed by atoms with Gasteiger partial charge in [-0.1, -0.05) is 12.8 Å². The zero-order valence-corrected chi connectivity index (χ0v) is 10.7. The van der Waals surface area contributed by atoms with Crippen LogP contribution >= 0.6 is 0 Å². The second-order valence-electron chi connectivity index (χ2n) is 5.11. The Labute approximate surface area is 111 Å². The fourth-order valence-corrected chi connectivity index (χ4v) is 2.88. The van der Waals surface area contributed by atoms with Crippen LogP contribution in [0.4, 0.5) is 0 Å². The standard InChI is InChI=1S/C13H18N2O4/c14-7-9-8-15(5-6-19-9)12(16)10-3-1-2-4-11(10)13(17)18/h9-11H,1-6,8H2,(H,17,18). The Kier molecular flexibility index (Phi) is 4.38. The third-order valence-corrected chi connectivity index (χ3v) is 3.92. The molecule has 0 aromatic carbocycles. The Balaban J connectivity index is 2.05. The van der Waals surface area contributed by atoms with Gasteiger partial charge in [0.15, 0.2) is 6.10 Å². The molecule has 1 saturated heterocycles. The second kappa shape index (κ2) is 6.02. The van der Waals surface area contributed by atoms with E-state index in [1.54, 1.807) is 4.90 Å². The summed E-state index contributed by atoms with van der Waals surface area (Å²) in [5.74, 6) is -2.04. The van der Waals surface area contributed by atoms with E-state index in [1.165, 1.54) is 0 Å². The number of amides is 1. The number of carbonyl (C=O) groups is 2. The number of carbonyl (C=O) groups excluding carboxylic acids is 1. The van der Waals surface area contributed by atoms with Crippen molar-refractivity contribution in [2.45, 2.75) is 31.8 Å². The molecule has 1 heterocycles. The predicted octanol–water partition coefficient (Wildman–Crippen LogP) is 0.628. The Bertz CT molecular complexity index is 404. The third kappa shape index (κ3) is 3.04. The van der Waals surface area contributed by atoms with E-state index in [9.17, 15) is 14.7 Å². The SMILES string of the molecule is N#CC1CN(C(=O)C2CCCCC2C(=O)O)CCO1. The Morgan fingerprint density at radius 2 is 1.95 bits per heavy atom. The third-order valence-electron chi connectivity index (χ3n) is 3.92. The molecular formula is C13H18N2O4. The summed E-state index contributed by atoms with van der Waals surface area (Å²) >= 11 is 0. The van der Waals surface area contributed by atoms with Crippen LogP contribution in [0, 0.1) is 23.2 Å². The van der Waals surface area contributed by atoms with E-state index in [-0.39, 0.29) is 12.5 Å². The number of ether oxygens (including phenoxy) is 1. The van der Waals surface area contributed by atoms with Crippen LogP contribution in [0.3, 0.4) is 0 Å². The smallest absolute Gasteiger partial charge is 0.307 e. The molecule has 0 aromatic rings. The number of nitriles is 1. The molecule has 104 valence electrons. The molecule has 1 aliphatic heterocycles. The molecule has 1 saturated carbocycles. The highest BCUT2D eigenvalue weighted by atomic mass is 16.5. The monoisotopic (exact) mass is 266 g/mol. The van der Waals surface area contributed by atoms with Crippen molar-refractivity contribution in [3.05, 3.63) is 0 Å². The lowest BCUT2D eigenvalue weighted by molar-refractivity contribution is -0.154. The normalized spacial score (nSPS) is 31.5. The molecule has 1 aliphatic carbocycles. The van der Waals surface area contributed by atoms with E-state index in [0.29, 0.717) is 26.0 Å². The topological polar surface area (TPSA) is 90.6 Å². The van der Waals surface area contributed by atoms with Gasteiger partial charge in [0.1, 0.15) is 0 Å². The number of aliphatic carboxylic acids is 1. The molecule has 0 aromatic heterocycles.